The van der Waals surface area contributed by atoms with E-state index in [2.05, 4.69) is 10.3 Å². The summed E-state index contributed by atoms with van der Waals surface area (Å²) in [5.74, 6) is -1.74. The summed E-state index contributed by atoms with van der Waals surface area (Å²) in [6.45, 7) is 2.39. The fourth-order valence-corrected chi connectivity index (χ4v) is 2.38. The number of hydrogen-bond donors (Lipinski definition) is 1. The third-order valence-corrected chi connectivity index (χ3v) is 3.72. The van der Waals surface area contributed by atoms with E-state index in [4.69, 9.17) is 11.6 Å². The maximum absolute atomic E-state index is 13.7. The van der Waals surface area contributed by atoms with E-state index >= 15 is 0 Å². The summed E-state index contributed by atoms with van der Waals surface area (Å²) in [4.78, 5) is 30.0. The molecular weight excluding hydrogens is 333 g/mol. The fraction of sp³-hybridized carbons (Fsp3) is 0.235. The molecular formula is C17H17ClFN3O2. The Morgan fingerprint density at radius 3 is 2.67 bits per heavy atom. The second-order valence-electron chi connectivity index (χ2n) is 5.01. The highest BCUT2D eigenvalue weighted by Crippen LogP contribution is 2.18. The van der Waals surface area contributed by atoms with Crippen LogP contribution in [-0.4, -0.2) is 34.8 Å². The molecule has 2 aromatic rings. The first-order chi connectivity index (χ1) is 11.5. The molecule has 0 radical (unpaired) electrons. The predicted octanol–water partition coefficient (Wildman–Crippen LogP) is 2.65. The molecule has 0 saturated carbocycles. The molecule has 1 N–H and O–H groups in total. The van der Waals surface area contributed by atoms with Gasteiger partial charge in [0.1, 0.15) is 5.82 Å². The van der Waals surface area contributed by atoms with E-state index < -0.39 is 11.7 Å². The number of nitrogens with zero attached hydrogens (tertiary/aromatic N) is 2. The third-order valence-electron chi connectivity index (χ3n) is 3.40. The van der Waals surface area contributed by atoms with Gasteiger partial charge in [-0.05, 0) is 31.2 Å². The molecule has 0 aliphatic carbocycles. The standard InChI is InChI=1S/C17H17ClFN3O2/c1-2-22(11-12-6-3-4-9-20-12)15(23)10-21-17(24)16-13(18)7-5-8-14(16)19/h3-9H,2,10-11H2,1H3,(H,21,24). The van der Waals surface area contributed by atoms with Crippen molar-refractivity contribution in [1.82, 2.24) is 15.2 Å². The fourth-order valence-electron chi connectivity index (χ4n) is 2.13. The highest BCUT2D eigenvalue weighted by molar-refractivity contribution is 6.33. The van der Waals surface area contributed by atoms with Gasteiger partial charge in [-0.3, -0.25) is 14.6 Å². The third kappa shape index (κ3) is 4.52. The van der Waals surface area contributed by atoms with Crippen LogP contribution in [0.25, 0.3) is 0 Å². The van der Waals surface area contributed by atoms with E-state index in [-0.39, 0.29) is 23.0 Å². The topological polar surface area (TPSA) is 62.3 Å². The summed E-state index contributed by atoms with van der Waals surface area (Å²) in [5, 5.41) is 2.41. The summed E-state index contributed by atoms with van der Waals surface area (Å²) in [6.07, 6.45) is 1.65. The minimum Gasteiger partial charge on any atom is -0.343 e. The van der Waals surface area contributed by atoms with E-state index in [0.717, 1.165) is 11.8 Å². The van der Waals surface area contributed by atoms with E-state index in [1.807, 2.05) is 19.1 Å². The van der Waals surface area contributed by atoms with Crippen molar-refractivity contribution < 1.29 is 14.0 Å². The maximum atomic E-state index is 13.7. The molecule has 1 heterocycles. The van der Waals surface area contributed by atoms with Gasteiger partial charge in [0, 0.05) is 12.7 Å². The van der Waals surface area contributed by atoms with Gasteiger partial charge in [-0.2, -0.15) is 0 Å². The Kier molecular flexibility index (Phi) is 6.26. The lowest BCUT2D eigenvalue weighted by Gasteiger charge is -2.20. The van der Waals surface area contributed by atoms with Crippen LogP contribution in [0.2, 0.25) is 5.02 Å². The van der Waals surface area contributed by atoms with Crippen molar-refractivity contribution in [3.8, 4) is 0 Å². The monoisotopic (exact) mass is 349 g/mol. The van der Waals surface area contributed by atoms with E-state index in [1.165, 1.54) is 12.1 Å². The van der Waals surface area contributed by atoms with Crippen LogP contribution in [0, 0.1) is 5.82 Å². The summed E-state index contributed by atoms with van der Waals surface area (Å²) >= 11 is 5.83. The average Bonchev–Trinajstić information content (AvgIpc) is 2.58. The number of halogens is 2. The van der Waals surface area contributed by atoms with Crippen molar-refractivity contribution in [1.29, 1.82) is 0 Å². The number of nitrogens with one attached hydrogen (secondary N) is 1. The molecule has 126 valence electrons. The first-order valence-electron chi connectivity index (χ1n) is 7.42. The molecule has 0 bridgehead atoms. The van der Waals surface area contributed by atoms with Crippen LogP contribution in [0.15, 0.2) is 42.6 Å². The first-order valence-corrected chi connectivity index (χ1v) is 7.80. The normalized spacial score (nSPS) is 10.3. The molecule has 1 aromatic carbocycles. The average molecular weight is 350 g/mol. The Morgan fingerprint density at radius 1 is 1.25 bits per heavy atom. The molecule has 0 atom stereocenters. The van der Waals surface area contributed by atoms with Crippen molar-refractivity contribution >= 4 is 23.4 Å². The minimum atomic E-state index is -0.728. The van der Waals surface area contributed by atoms with Gasteiger partial charge in [-0.25, -0.2) is 4.39 Å². The van der Waals surface area contributed by atoms with Crippen LogP contribution in [-0.2, 0) is 11.3 Å². The van der Waals surface area contributed by atoms with Gasteiger partial charge in [0.2, 0.25) is 5.91 Å². The molecule has 24 heavy (non-hydrogen) atoms. The number of carbonyl (C=O) groups is 2. The van der Waals surface area contributed by atoms with Gasteiger partial charge < -0.3 is 10.2 Å². The molecule has 0 unspecified atom stereocenters. The molecule has 7 heteroatoms. The van der Waals surface area contributed by atoms with Crippen LogP contribution in [0.5, 0.6) is 0 Å². The van der Waals surface area contributed by atoms with Crippen molar-refractivity contribution in [2.45, 2.75) is 13.5 Å². The zero-order valence-electron chi connectivity index (χ0n) is 13.1. The lowest BCUT2D eigenvalue weighted by molar-refractivity contribution is -0.130. The van der Waals surface area contributed by atoms with Crippen molar-refractivity contribution in [2.24, 2.45) is 0 Å². The molecule has 0 aliphatic rings. The SMILES string of the molecule is CCN(Cc1ccccn1)C(=O)CNC(=O)c1c(F)cccc1Cl. The summed E-state index contributed by atoms with van der Waals surface area (Å²) < 4.78 is 13.7. The second kappa shape index (κ2) is 8.40. The molecule has 2 amide bonds. The van der Waals surface area contributed by atoms with Gasteiger partial charge in [0.15, 0.2) is 0 Å². The predicted molar refractivity (Wildman–Crippen MR) is 89.1 cm³/mol. The highest BCUT2D eigenvalue weighted by Gasteiger charge is 2.18. The second-order valence-corrected chi connectivity index (χ2v) is 5.42. The number of hydrogen-bond acceptors (Lipinski definition) is 3. The lowest BCUT2D eigenvalue weighted by atomic mass is 10.2. The van der Waals surface area contributed by atoms with Crippen molar-refractivity contribution in [3.05, 3.63) is 64.7 Å². The molecule has 5 nitrogen and oxygen atoms in total. The summed E-state index contributed by atoms with van der Waals surface area (Å²) in [6, 6.07) is 9.41. The largest absolute Gasteiger partial charge is 0.343 e. The van der Waals surface area contributed by atoms with Gasteiger partial charge in [0.05, 0.1) is 29.4 Å². The van der Waals surface area contributed by atoms with Gasteiger partial charge >= 0.3 is 0 Å². The first kappa shape index (κ1) is 17.9. The Balaban J connectivity index is 1.97. The van der Waals surface area contributed by atoms with Gasteiger partial charge in [0.25, 0.3) is 5.91 Å². The van der Waals surface area contributed by atoms with Gasteiger partial charge in [-0.1, -0.05) is 23.7 Å². The van der Waals surface area contributed by atoms with Gasteiger partial charge in [-0.15, -0.1) is 0 Å². The minimum absolute atomic E-state index is 0.000724. The van der Waals surface area contributed by atoms with Crippen LogP contribution < -0.4 is 5.32 Å². The Labute approximate surface area is 144 Å². The van der Waals surface area contributed by atoms with Crippen LogP contribution in [0.4, 0.5) is 4.39 Å². The Hall–Kier alpha value is -2.47. The number of rotatable bonds is 6. The van der Waals surface area contributed by atoms with Crippen LogP contribution >= 0.6 is 11.6 Å². The molecule has 2 rings (SSSR count). The quantitative estimate of drug-likeness (QED) is 0.872. The molecule has 0 fully saturated rings. The van der Waals surface area contributed by atoms with Crippen molar-refractivity contribution in [3.63, 3.8) is 0 Å². The molecule has 0 aliphatic heterocycles. The van der Waals surface area contributed by atoms with E-state index in [9.17, 15) is 14.0 Å². The van der Waals surface area contributed by atoms with E-state index in [1.54, 1.807) is 17.2 Å². The summed E-state index contributed by atoms with van der Waals surface area (Å²) in [5.41, 5.74) is 0.482. The van der Waals surface area contributed by atoms with Crippen LogP contribution in [0.1, 0.15) is 23.0 Å². The highest BCUT2D eigenvalue weighted by atomic mass is 35.5. The number of likely N-dealkylation sites (N-methyl/N-ethyl adjacent to an activating group) is 1. The van der Waals surface area contributed by atoms with Crippen molar-refractivity contribution in [2.75, 3.05) is 13.1 Å². The number of pyridine rings is 1. The van der Waals surface area contributed by atoms with E-state index in [0.29, 0.717) is 13.1 Å². The zero-order valence-corrected chi connectivity index (χ0v) is 13.9. The summed E-state index contributed by atoms with van der Waals surface area (Å²) in [7, 11) is 0. The number of aromatic nitrogens is 1. The molecule has 0 saturated heterocycles. The number of amides is 2. The maximum Gasteiger partial charge on any atom is 0.256 e. The number of carbonyl (C=O) groups excluding carboxylic acids is 2. The smallest absolute Gasteiger partial charge is 0.256 e. The van der Waals surface area contributed by atoms with Crippen LogP contribution in [0.3, 0.4) is 0 Å². The Bertz CT molecular complexity index is 705. The molecule has 1 aromatic heterocycles. The molecule has 0 spiro atoms. The lowest BCUT2D eigenvalue weighted by Crippen LogP contribution is -2.40. The zero-order chi connectivity index (χ0) is 17.5. The number of benzene rings is 1. The Morgan fingerprint density at radius 2 is 2.04 bits per heavy atom.